The number of benzene rings is 1. The molecule has 1 aliphatic heterocycles. The molecule has 4 aromatic rings. The molecule has 1 aromatic carbocycles. The minimum Gasteiger partial charge on any atom is -0.378 e. The van der Waals surface area contributed by atoms with Crippen molar-refractivity contribution in [2.75, 3.05) is 25.4 Å². The fraction of sp³-hybridized carbons (Fsp3) is 0.381. The van der Waals surface area contributed by atoms with Crippen molar-refractivity contribution in [3.63, 3.8) is 0 Å². The van der Waals surface area contributed by atoms with Gasteiger partial charge >= 0.3 is 0 Å². The predicted octanol–water partition coefficient (Wildman–Crippen LogP) is 1.67. The van der Waals surface area contributed by atoms with E-state index >= 15 is 0 Å². The molecule has 1 amide bonds. The molecule has 1 fully saturated rings. The summed E-state index contributed by atoms with van der Waals surface area (Å²) >= 11 is 0. The average Bonchev–Trinajstić information content (AvgIpc) is 3.52. The number of likely N-dealkylation sites (tertiary alicyclic amines) is 1. The monoisotopic (exact) mass is 435 g/mol. The Labute approximate surface area is 183 Å². The average molecular weight is 435 g/mol. The number of fused-ring (bicyclic) bond motifs is 1. The minimum absolute atomic E-state index is 0.0977. The third-order valence-corrected chi connectivity index (χ3v) is 5.76. The van der Waals surface area contributed by atoms with E-state index in [2.05, 4.69) is 48.0 Å². The van der Waals surface area contributed by atoms with Gasteiger partial charge in [-0.1, -0.05) is 29.8 Å². The van der Waals surface area contributed by atoms with Gasteiger partial charge in [-0.15, -0.1) is 5.10 Å². The molecule has 0 unspecified atom stereocenters. The molecule has 0 bridgehead atoms. The van der Waals surface area contributed by atoms with Gasteiger partial charge in [-0.2, -0.15) is 4.68 Å². The molecular weight excluding hydrogens is 410 g/mol. The normalized spacial score (nSPS) is 14.8. The molecule has 11 nitrogen and oxygen atoms in total. The zero-order valence-electron chi connectivity index (χ0n) is 17.6. The van der Waals surface area contributed by atoms with Gasteiger partial charge in [0.1, 0.15) is 0 Å². The van der Waals surface area contributed by atoms with E-state index in [9.17, 15) is 4.79 Å². The lowest BCUT2D eigenvalue weighted by Crippen LogP contribution is -2.32. The highest BCUT2D eigenvalue weighted by Crippen LogP contribution is 2.20. The van der Waals surface area contributed by atoms with Crippen molar-refractivity contribution >= 4 is 22.6 Å². The molecule has 5 rings (SSSR count). The number of para-hydroxylation sites is 1. The third kappa shape index (κ3) is 4.06. The Morgan fingerprint density at radius 1 is 1.19 bits per heavy atom. The van der Waals surface area contributed by atoms with Gasteiger partial charge in [-0.25, -0.2) is 4.63 Å². The van der Waals surface area contributed by atoms with Crippen LogP contribution >= 0.6 is 0 Å². The maximum absolute atomic E-state index is 13.0. The van der Waals surface area contributed by atoms with Gasteiger partial charge < -0.3 is 16.0 Å². The largest absolute Gasteiger partial charge is 0.378 e. The smallest absolute Gasteiger partial charge is 0.273 e. The van der Waals surface area contributed by atoms with E-state index in [1.54, 1.807) is 0 Å². The van der Waals surface area contributed by atoms with Crippen molar-refractivity contribution in [2.45, 2.75) is 32.2 Å². The molecule has 1 saturated heterocycles. The fourth-order valence-corrected chi connectivity index (χ4v) is 4.12. The van der Waals surface area contributed by atoms with E-state index in [-0.39, 0.29) is 23.2 Å². The molecule has 4 N–H and O–H groups in total. The number of nitrogen functional groups attached to an aromatic ring is 1. The van der Waals surface area contributed by atoms with E-state index in [1.807, 2.05) is 18.2 Å². The summed E-state index contributed by atoms with van der Waals surface area (Å²) in [5.74, 6) is 0.0524. The van der Waals surface area contributed by atoms with Crippen molar-refractivity contribution in [1.29, 1.82) is 0 Å². The van der Waals surface area contributed by atoms with Gasteiger partial charge in [-0.05, 0) is 53.8 Å². The van der Waals surface area contributed by atoms with Crippen LogP contribution < -0.4 is 11.1 Å². The third-order valence-electron chi connectivity index (χ3n) is 5.76. The van der Waals surface area contributed by atoms with Crippen LogP contribution in [-0.2, 0) is 13.0 Å². The number of rotatable bonds is 7. The Morgan fingerprint density at radius 3 is 2.81 bits per heavy atom. The van der Waals surface area contributed by atoms with Crippen molar-refractivity contribution in [2.24, 2.45) is 0 Å². The first-order valence-electron chi connectivity index (χ1n) is 10.8. The molecule has 0 atom stereocenters. The van der Waals surface area contributed by atoms with Crippen LogP contribution in [0.25, 0.3) is 16.7 Å². The highest BCUT2D eigenvalue weighted by atomic mass is 16.6. The number of aromatic nitrogens is 6. The molecule has 0 radical (unpaired) electrons. The highest BCUT2D eigenvalue weighted by molar-refractivity contribution is 5.93. The van der Waals surface area contributed by atoms with E-state index in [4.69, 9.17) is 10.4 Å². The first kappa shape index (κ1) is 20.2. The highest BCUT2D eigenvalue weighted by Gasteiger charge is 2.26. The molecule has 0 saturated carbocycles. The molecular formula is C21H25N9O2. The molecule has 166 valence electrons. The second kappa shape index (κ2) is 8.79. The Kier molecular flexibility index (Phi) is 5.55. The summed E-state index contributed by atoms with van der Waals surface area (Å²) in [5.41, 5.74) is 8.89. The minimum atomic E-state index is -0.283. The molecule has 11 heteroatoms. The lowest BCUT2D eigenvalue weighted by atomic mass is 10.1. The number of H-pyrrole nitrogens is 1. The number of hydrogen-bond donors (Lipinski definition) is 3. The SMILES string of the molecule is Nc1nonc1-n1nnc(C(=O)NCCc2cc3ccccc3[nH]2)c1CN1CCCCC1. The Balaban J connectivity index is 1.32. The number of piperidine rings is 1. The Hall–Kier alpha value is -3.73. The molecule has 1 aliphatic rings. The van der Waals surface area contributed by atoms with Crippen LogP contribution in [-0.4, -0.2) is 60.7 Å². The van der Waals surface area contributed by atoms with Crippen molar-refractivity contribution in [3.8, 4) is 5.82 Å². The van der Waals surface area contributed by atoms with Gasteiger partial charge in [0.15, 0.2) is 5.69 Å². The fourth-order valence-electron chi connectivity index (χ4n) is 4.12. The molecule has 0 aliphatic carbocycles. The van der Waals surface area contributed by atoms with Crippen molar-refractivity contribution in [3.05, 3.63) is 47.4 Å². The summed E-state index contributed by atoms with van der Waals surface area (Å²) in [7, 11) is 0. The second-order valence-corrected chi connectivity index (χ2v) is 7.99. The number of nitrogens with one attached hydrogen (secondary N) is 2. The van der Waals surface area contributed by atoms with Gasteiger partial charge in [0.2, 0.25) is 11.6 Å². The lowest BCUT2D eigenvalue weighted by molar-refractivity contribution is 0.0946. The van der Waals surface area contributed by atoms with Gasteiger partial charge in [-0.3, -0.25) is 9.69 Å². The molecule has 3 aromatic heterocycles. The number of aromatic amines is 1. The summed E-state index contributed by atoms with van der Waals surface area (Å²) in [6.45, 7) is 2.90. The van der Waals surface area contributed by atoms with Crippen LogP contribution in [0.1, 0.15) is 41.1 Å². The van der Waals surface area contributed by atoms with Crippen molar-refractivity contribution in [1.82, 2.24) is 40.5 Å². The number of hydrogen-bond acceptors (Lipinski definition) is 8. The quantitative estimate of drug-likeness (QED) is 0.398. The Morgan fingerprint density at radius 2 is 2.03 bits per heavy atom. The van der Waals surface area contributed by atoms with Gasteiger partial charge in [0.25, 0.3) is 5.91 Å². The van der Waals surface area contributed by atoms with E-state index in [0.717, 1.165) is 42.5 Å². The summed E-state index contributed by atoms with van der Waals surface area (Å²) in [5, 5.41) is 19.8. The number of carbonyl (C=O) groups excluding carboxylic acids is 1. The number of amides is 1. The first-order chi connectivity index (χ1) is 15.7. The number of carbonyl (C=O) groups is 1. The summed E-state index contributed by atoms with van der Waals surface area (Å²) in [4.78, 5) is 18.6. The van der Waals surface area contributed by atoms with Crippen LogP contribution in [0.3, 0.4) is 0 Å². The number of nitrogens with two attached hydrogens (primary N) is 1. The van der Waals surface area contributed by atoms with Crippen LogP contribution in [0, 0.1) is 0 Å². The summed E-state index contributed by atoms with van der Waals surface area (Å²) in [6.07, 6.45) is 4.15. The van der Waals surface area contributed by atoms with Crippen LogP contribution in [0.4, 0.5) is 5.82 Å². The van der Waals surface area contributed by atoms with Gasteiger partial charge in [0.05, 0.1) is 5.69 Å². The van der Waals surface area contributed by atoms with E-state index < -0.39 is 0 Å². The van der Waals surface area contributed by atoms with Gasteiger partial charge in [0, 0.05) is 30.7 Å². The first-order valence-corrected chi connectivity index (χ1v) is 10.8. The molecule has 4 heterocycles. The molecule has 32 heavy (non-hydrogen) atoms. The van der Waals surface area contributed by atoms with Crippen LogP contribution in [0.15, 0.2) is 35.0 Å². The van der Waals surface area contributed by atoms with Crippen LogP contribution in [0.5, 0.6) is 0 Å². The van der Waals surface area contributed by atoms with Crippen molar-refractivity contribution < 1.29 is 9.42 Å². The maximum Gasteiger partial charge on any atom is 0.273 e. The standard InChI is InChI=1S/C21H25N9O2/c22-19-20(27-32-26-19)30-17(13-29-10-4-1-5-11-29)18(25-28-30)21(31)23-9-8-15-12-14-6-2-3-7-16(14)24-15/h2-3,6-7,12,24H,1,4-5,8-11,13H2,(H2,22,26)(H,23,31). The van der Waals surface area contributed by atoms with E-state index in [0.29, 0.717) is 25.2 Å². The predicted molar refractivity (Wildman–Crippen MR) is 117 cm³/mol. The summed E-state index contributed by atoms with van der Waals surface area (Å²) < 4.78 is 6.17. The molecule has 0 spiro atoms. The van der Waals surface area contributed by atoms with E-state index in [1.165, 1.54) is 11.1 Å². The zero-order valence-corrected chi connectivity index (χ0v) is 17.6. The Bertz CT molecular complexity index is 1190. The second-order valence-electron chi connectivity index (χ2n) is 7.99. The number of anilines is 1. The lowest BCUT2D eigenvalue weighted by Gasteiger charge is -2.26. The number of nitrogens with zero attached hydrogens (tertiary/aromatic N) is 6. The van der Waals surface area contributed by atoms with Crippen LogP contribution in [0.2, 0.25) is 0 Å². The topological polar surface area (TPSA) is 144 Å². The maximum atomic E-state index is 13.0. The zero-order chi connectivity index (χ0) is 21.9. The summed E-state index contributed by atoms with van der Waals surface area (Å²) in [6, 6.07) is 10.2.